The average molecular weight is 436 g/mol. The van der Waals surface area contributed by atoms with E-state index in [-0.39, 0.29) is 6.23 Å². The van der Waals surface area contributed by atoms with Crippen LogP contribution in [0, 0.1) is 0 Å². The molecule has 0 aromatic heterocycles. The van der Waals surface area contributed by atoms with Crippen molar-refractivity contribution >= 4 is 5.84 Å². The number of nitrogens with zero attached hydrogens (tertiary/aromatic N) is 2. The summed E-state index contributed by atoms with van der Waals surface area (Å²) in [6.07, 6.45) is 28.9. The van der Waals surface area contributed by atoms with Gasteiger partial charge < -0.3 is 5.11 Å². The molecule has 0 bridgehead atoms. The first-order chi connectivity index (χ1) is 15.2. The largest absolute Gasteiger partial charge is 0.345 e. The molecule has 2 unspecified atom stereocenters. The maximum Gasteiger partial charge on any atom is 0.200 e. The number of aliphatic imine (C=N–C) groups is 1. The summed E-state index contributed by atoms with van der Waals surface area (Å²) in [6.45, 7) is 9.23. The van der Waals surface area contributed by atoms with Gasteiger partial charge in [0.2, 0.25) is 5.84 Å². The van der Waals surface area contributed by atoms with Gasteiger partial charge in [0.25, 0.3) is 0 Å². The number of hydrogen-bond donors (Lipinski definition) is 1. The molecule has 0 fully saturated rings. The molecule has 1 heterocycles. The lowest BCUT2D eigenvalue weighted by atomic mass is 10.1. The van der Waals surface area contributed by atoms with Crippen molar-refractivity contribution in [1.82, 2.24) is 0 Å². The first-order valence-corrected chi connectivity index (χ1v) is 13.9. The lowest BCUT2D eigenvalue weighted by Gasteiger charge is -2.36. The molecule has 0 saturated heterocycles. The van der Waals surface area contributed by atoms with Crippen molar-refractivity contribution < 1.29 is 9.59 Å². The maximum absolute atomic E-state index is 10.2. The molecule has 1 aliphatic rings. The van der Waals surface area contributed by atoms with E-state index in [1.807, 2.05) is 6.92 Å². The number of allylic oxidation sites excluding steroid dienone is 2. The highest BCUT2D eigenvalue weighted by Gasteiger charge is 2.40. The van der Waals surface area contributed by atoms with Crippen molar-refractivity contribution in [2.45, 2.75) is 143 Å². The Morgan fingerprint density at radius 1 is 0.774 bits per heavy atom. The second-order valence-corrected chi connectivity index (χ2v) is 9.75. The maximum atomic E-state index is 10.2. The molecule has 1 N–H and O–H groups in total. The van der Waals surface area contributed by atoms with Crippen LogP contribution in [0.15, 0.2) is 17.1 Å². The van der Waals surface area contributed by atoms with Crippen LogP contribution >= 0.6 is 0 Å². The summed E-state index contributed by atoms with van der Waals surface area (Å²) in [7, 11) is 0. The molecular formula is C28H55N2O+. The van der Waals surface area contributed by atoms with Gasteiger partial charge in [0.1, 0.15) is 6.54 Å². The smallest absolute Gasteiger partial charge is 0.200 e. The molecule has 0 aromatic carbocycles. The molecule has 3 nitrogen and oxygen atoms in total. The molecule has 1 aliphatic heterocycles. The molecule has 0 aromatic rings. The third kappa shape index (κ3) is 12.2. The monoisotopic (exact) mass is 435 g/mol. The fourth-order valence-electron chi connectivity index (χ4n) is 5.00. The number of likely N-dealkylation sites (N-methyl/N-ethyl adjacent to an activating group) is 1. The van der Waals surface area contributed by atoms with Crippen LogP contribution in [0.25, 0.3) is 0 Å². The second kappa shape index (κ2) is 18.9. The van der Waals surface area contributed by atoms with E-state index in [9.17, 15) is 5.11 Å². The summed E-state index contributed by atoms with van der Waals surface area (Å²) >= 11 is 0. The number of hydrogen-bond acceptors (Lipinski definition) is 2. The Hall–Kier alpha value is -0.670. The fourth-order valence-corrected chi connectivity index (χ4v) is 5.00. The van der Waals surface area contributed by atoms with Crippen LogP contribution < -0.4 is 0 Å². The average Bonchev–Trinajstić information content (AvgIpc) is 3.19. The van der Waals surface area contributed by atoms with Crippen LogP contribution in [0.4, 0.5) is 0 Å². The molecule has 1 rings (SSSR count). The van der Waals surface area contributed by atoms with E-state index in [1.54, 1.807) is 0 Å². The first-order valence-electron chi connectivity index (χ1n) is 13.9. The van der Waals surface area contributed by atoms with Crippen molar-refractivity contribution in [3.8, 4) is 0 Å². The quantitative estimate of drug-likeness (QED) is 0.110. The molecule has 0 spiro atoms. The van der Waals surface area contributed by atoms with Crippen LogP contribution in [0.2, 0.25) is 0 Å². The van der Waals surface area contributed by atoms with Crippen molar-refractivity contribution in [2.24, 2.45) is 4.99 Å². The normalized spacial score (nSPS) is 19.9. The van der Waals surface area contributed by atoms with Crippen molar-refractivity contribution in [1.29, 1.82) is 0 Å². The van der Waals surface area contributed by atoms with Gasteiger partial charge in [-0.15, -0.1) is 0 Å². The zero-order chi connectivity index (χ0) is 22.6. The van der Waals surface area contributed by atoms with E-state index < -0.39 is 0 Å². The minimum Gasteiger partial charge on any atom is -0.345 e. The Bertz CT molecular complexity index is 472. The van der Waals surface area contributed by atoms with Crippen molar-refractivity contribution in [3.63, 3.8) is 0 Å². The Balaban J connectivity index is 1.86. The molecule has 0 saturated carbocycles. The van der Waals surface area contributed by atoms with Gasteiger partial charge in [0.15, 0.2) is 6.23 Å². The molecular weight excluding hydrogens is 380 g/mol. The number of amidine groups is 1. The van der Waals surface area contributed by atoms with E-state index in [2.05, 4.69) is 26.0 Å². The van der Waals surface area contributed by atoms with Crippen LogP contribution in [-0.4, -0.2) is 41.3 Å². The summed E-state index contributed by atoms with van der Waals surface area (Å²) in [6, 6.07) is 0. The zero-order valence-electron chi connectivity index (χ0n) is 21.4. The molecule has 3 heteroatoms. The predicted octanol–water partition coefficient (Wildman–Crippen LogP) is 8.17. The van der Waals surface area contributed by atoms with Crippen molar-refractivity contribution in [2.75, 3.05) is 19.6 Å². The van der Waals surface area contributed by atoms with Gasteiger partial charge in [-0.05, 0) is 39.0 Å². The molecule has 0 aliphatic carbocycles. The molecule has 2 atom stereocenters. The van der Waals surface area contributed by atoms with Crippen LogP contribution in [-0.2, 0) is 0 Å². The molecule has 182 valence electrons. The topological polar surface area (TPSA) is 32.6 Å². The lowest BCUT2D eigenvalue weighted by Crippen LogP contribution is -2.56. The summed E-state index contributed by atoms with van der Waals surface area (Å²) in [4.78, 5) is 4.72. The van der Waals surface area contributed by atoms with Crippen molar-refractivity contribution in [3.05, 3.63) is 12.2 Å². The third-order valence-electron chi connectivity index (χ3n) is 7.25. The van der Waals surface area contributed by atoms with Gasteiger partial charge >= 0.3 is 0 Å². The van der Waals surface area contributed by atoms with Gasteiger partial charge in [-0.25, -0.2) is 4.99 Å². The zero-order valence-corrected chi connectivity index (χ0v) is 21.4. The van der Waals surface area contributed by atoms with Gasteiger partial charge in [0, 0.05) is 13.3 Å². The Kier molecular flexibility index (Phi) is 17.3. The Morgan fingerprint density at radius 3 is 1.74 bits per heavy atom. The SMILES string of the molecule is CCCCCCCCCC/C=C/CCCCCCCCCC1=NCC[N+]1(CC)C(C)O. The summed E-state index contributed by atoms with van der Waals surface area (Å²) < 4.78 is 0.715. The Morgan fingerprint density at radius 2 is 1.26 bits per heavy atom. The summed E-state index contributed by atoms with van der Waals surface area (Å²) in [5.41, 5.74) is 0. The van der Waals surface area contributed by atoms with Gasteiger partial charge in [-0.3, -0.25) is 4.48 Å². The highest BCUT2D eigenvalue weighted by atomic mass is 16.3. The minimum absolute atomic E-state index is 0.319. The van der Waals surface area contributed by atoms with E-state index in [0.29, 0.717) is 4.48 Å². The molecule has 31 heavy (non-hydrogen) atoms. The number of aliphatic hydroxyl groups is 1. The first kappa shape index (κ1) is 28.4. The van der Waals surface area contributed by atoms with Crippen LogP contribution in [0.1, 0.15) is 136 Å². The summed E-state index contributed by atoms with van der Waals surface area (Å²) in [5.74, 6) is 1.25. The van der Waals surface area contributed by atoms with Gasteiger partial charge in [-0.2, -0.15) is 0 Å². The third-order valence-corrected chi connectivity index (χ3v) is 7.25. The second-order valence-electron chi connectivity index (χ2n) is 9.75. The molecule has 0 radical (unpaired) electrons. The number of aliphatic hydroxyl groups excluding tert-OH is 1. The number of unbranched alkanes of at least 4 members (excludes halogenated alkanes) is 15. The Labute approximate surface area is 195 Å². The van der Waals surface area contributed by atoms with E-state index in [4.69, 9.17) is 4.99 Å². The van der Waals surface area contributed by atoms with Gasteiger partial charge in [0.05, 0.1) is 13.1 Å². The van der Waals surface area contributed by atoms with Crippen LogP contribution in [0.5, 0.6) is 0 Å². The van der Waals surface area contributed by atoms with Gasteiger partial charge in [-0.1, -0.05) is 96.1 Å². The minimum atomic E-state index is -0.319. The fraction of sp³-hybridized carbons (Fsp3) is 0.893. The lowest BCUT2D eigenvalue weighted by molar-refractivity contribution is -0.882. The number of quaternary nitrogens is 1. The van der Waals surface area contributed by atoms with E-state index >= 15 is 0 Å². The van der Waals surface area contributed by atoms with E-state index in [1.165, 1.54) is 115 Å². The highest BCUT2D eigenvalue weighted by Crippen LogP contribution is 2.23. The van der Waals surface area contributed by atoms with E-state index in [0.717, 1.165) is 26.1 Å². The standard InChI is InChI=1S/C28H55N2O/c1-4-6-7-8-9-10-11-12-13-14-15-16-17-18-19-20-21-22-23-24-28-29-25-26-30(28,5-2)27(3)31/h14-15,27,31H,4-13,16-26H2,1-3H3/q+1/b15-14+. The number of rotatable bonds is 21. The summed E-state index contributed by atoms with van der Waals surface area (Å²) in [5, 5.41) is 10.2. The van der Waals surface area contributed by atoms with Crippen LogP contribution in [0.3, 0.4) is 0 Å². The predicted molar refractivity (Wildman–Crippen MR) is 138 cm³/mol. The molecule has 0 amide bonds. The highest BCUT2D eigenvalue weighted by molar-refractivity contribution is 5.76.